The van der Waals surface area contributed by atoms with Crippen molar-refractivity contribution in [2.45, 2.75) is 13.8 Å². The third-order valence-corrected chi connectivity index (χ3v) is 6.86. The number of aromatic nitrogens is 1. The number of para-hydroxylation sites is 1. The molecule has 0 radical (unpaired) electrons. The summed E-state index contributed by atoms with van der Waals surface area (Å²) in [7, 11) is 2.16. The summed E-state index contributed by atoms with van der Waals surface area (Å²) in [6.45, 7) is 4.35. The topological polar surface area (TPSA) is 17.0 Å². The lowest BCUT2D eigenvalue weighted by Crippen LogP contribution is -2.34. The molecule has 164 valence electrons. The van der Waals surface area contributed by atoms with Crippen LogP contribution in [0.4, 0.5) is 0 Å². The van der Waals surface area contributed by atoms with E-state index >= 15 is 0 Å². The largest absolute Gasteiger partial charge is 0.456 e. The fourth-order valence-corrected chi connectivity index (χ4v) is 4.97. The van der Waals surface area contributed by atoms with E-state index in [2.05, 4.69) is 116 Å². The molecule has 4 aromatic carbocycles. The minimum atomic E-state index is 0.918. The van der Waals surface area contributed by atoms with Gasteiger partial charge in [0.15, 0.2) is 0 Å². The van der Waals surface area contributed by atoms with Gasteiger partial charge >= 0.3 is 0 Å². The van der Waals surface area contributed by atoms with Crippen LogP contribution in [0.3, 0.4) is 0 Å². The molecule has 2 heterocycles. The number of rotatable bonds is 3. The van der Waals surface area contributed by atoms with Gasteiger partial charge in [0, 0.05) is 34.0 Å². The van der Waals surface area contributed by atoms with Crippen molar-refractivity contribution >= 4 is 21.9 Å². The molecular weight excluding hydrogens is 414 g/mol. The average Bonchev–Trinajstić information content (AvgIpc) is 3.23. The average molecular weight is 441 g/mol. The van der Waals surface area contributed by atoms with Gasteiger partial charge in [-0.1, -0.05) is 60.7 Å². The van der Waals surface area contributed by atoms with Crippen LogP contribution in [0.25, 0.3) is 55.6 Å². The van der Waals surface area contributed by atoms with Crippen molar-refractivity contribution in [1.82, 2.24) is 0 Å². The first-order valence-electron chi connectivity index (χ1n) is 11.7. The Kier molecular flexibility index (Phi) is 4.81. The molecule has 0 spiro atoms. The fourth-order valence-electron chi connectivity index (χ4n) is 4.97. The van der Waals surface area contributed by atoms with E-state index in [1.54, 1.807) is 0 Å². The molecule has 0 saturated carbocycles. The van der Waals surface area contributed by atoms with Gasteiger partial charge in [0.2, 0.25) is 11.4 Å². The highest BCUT2D eigenvalue weighted by atomic mass is 16.3. The molecule has 0 aliphatic heterocycles. The van der Waals surface area contributed by atoms with Crippen molar-refractivity contribution in [1.29, 1.82) is 0 Å². The summed E-state index contributed by atoms with van der Waals surface area (Å²) in [6, 6.07) is 36.6. The molecule has 34 heavy (non-hydrogen) atoms. The second kappa shape index (κ2) is 8.00. The van der Waals surface area contributed by atoms with Gasteiger partial charge in [0.25, 0.3) is 0 Å². The van der Waals surface area contributed by atoms with Crippen molar-refractivity contribution in [2.75, 3.05) is 0 Å². The summed E-state index contributed by atoms with van der Waals surface area (Å²) in [5.41, 5.74) is 11.6. The highest BCUT2D eigenvalue weighted by molar-refractivity contribution is 6.05. The quantitative estimate of drug-likeness (QED) is 0.255. The van der Waals surface area contributed by atoms with Crippen LogP contribution in [0.2, 0.25) is 0 Å². The number of hydrogen-bond acceptors (Lipinski definition) is 1. The Labute approximate surface area is 199 Å². The second-order valence-electron chi connectivity index (χ2n) is 9.01. The highest BCUT2D eigenvalue weighted by Crippen LogP contribution is 2.35. The van der Waals surface area contributed by atoms with E-state index < -0.39 is 0 Å². The Morgan fingerprint density at radius 2 is 1.09 bits per heavy atom. The van der Waals surface area contributed by atoms with E-state index in [-0.39, 0.29) is 0 Å². The maximum absolute atomic E-state index is 6.20. The molecule has 0 fully saturated rings. The number of benzene rings is 4. The summed E-state index contributed by atoms with van der Waals surface area (Å²) in [5, 5.41) is 2.31. The second-order valence-corrected chi connectivity index (χ2v) is 9.01. The third-order valence-electron chi connectivity index (χ3n) is 6.86. The minimum Gasteiger partial charge on any atom is -0.456 e. The summed E-state index contributed by atoms with van der Waals surface area (Å²) < 4.78 is 8.51. The van der Waals surface area contributed by atoms with Crippen LogP contribution < -0.4 is 4.57 Å². The molecule has 0 amide bonds. The van der Waals surface area contributed by atoms with Crippen LogP contribution >= 0.6 is 0 Å². The molecule has 0 unspecified atom stereocenters. The number of pyridine rings is 1. The van der Waals surface area contributed by atoms with Crippen molar-refractivity contribution in [3.8, 4) is 33.6 Å². The molecule has 0 aliphatic carbocycles. The third kappa shape index (κ3) is 3.31. The summed E-state index contributed by atoms with van der Waals surface area (Å²) in [4.78, 5) is 0. The molecule has 0 bridgehead atoms. The predicted molar refractivity (Wildman–Crippen MR) is 141 cm³/mol. The maximum atomic E-state index is 6.20. The van der Waals surface area contributed by atoms with Gasteiger partial charge in [-0.3, -0.25) is 0 Å². The number of hydrogen-bond donors (Lipinski definition) is 0. The standard InChI is InChI=1S/C32H26NO/c1-21-10-4-6-12-25(21)29-18-24(19-30(33(29)3)26-13-7-5-11-22(26)2)23-16-17-28-27-14-8-9-15-31(27)34-32(28)20-23/h4-20H,1-3H3/q+1. The summed E-state index contributed by atoms with van der Waals surface area (Å²) in [5.74, 6) is 0. The fraction of sp³-hybridized carbons (Fsp3) is 0.0938. The maximum Gasteiger partial charge on any atom is 0.213 e. The van der Waals surface area contributed by atoms with Gasteiger partial charge in [0.05, 0.1) is 0 Å². The zero-order valence-corrected chi connectivity index (χ0v) is 19.7. The molecule has 0 aliphatic rings. The molecule has 2 nitrogen and oxygen atoms in total. The zero-order valence-electron chi connectivity index (χ0n) is 19.7. The molecule has 0 N–H and O–H groups in total. The van der Waals surface area contributed by atoms with Crippen LogP contribution in [-0.2, 0) is 7.05 Å². The number of fused-ring (bicyclic) bond motifs is 3. The van der Waals surface area contributed by atoms with E-state index in [4.69, 9.17) is 4.42 Å². The molecule has 0 atom stereocenters. The van der Waals surface area contributed by atoms with Crippen LogP contribution in [-0.4, -0.2) is 0 Å². The number of furan rings is 1. The van der Waals surface area contributed by atoms with Gasteiger partial charge in [-0.2, -0.15) is 4.57 Å². The van der Waals surface area contributed by atoms with Crippen LogP contribution in [0.15, 0.2) is 108 Å². The van der Waals surface area contributed by atoms with E-state index in [9.17, 15) is 0 Å². The van der Waals surface area contributed by atoms with Gasteiger partial charge in [-0.25, -0.2) is 0 Å². The van der Waals surface area contributed by atoms with Gasteiger partial charge in [-0.15, -0.1) is 0 Å². The zero-order chi connectivity index (χ0) is 23.2. The van der Waals surface area contributed by atoms with Crippen LogP contribution in [0.5, 0.6) is 0 Å². The molecule has 2 heteroatoms. The Balaban J connectivity index is 1.62. The molecule has 2 aromatic heterocycles. The molecular formula is C32H26NO+. The molecule has 6 rings (SSSR count). The van der Waals surface area contributed by atoms with E-state index in [0.29, 0.717) is 0 Å². The van der Waals surface area contributed by atoms with Crippen LogP contribution in [0.1, 0.15) is 11.1 Å². The van der Waals surface area contributed by atoms with Crippen molar-refractivity contribution < 1.29 is 8.98 Å². The van der Waals surface area contributed by atoms with Gasteiger partial charge < -0.3 is 4.42 Å². The van der Waals surface area contributed by atoms with Gasteiger partial charge in [0.1, 0.15) is 18.2 Å². The lowest BCUT2D eigenvalue weighted by atomic mass is 9.96. The van der Waals surface area contributed by atoms with Crippen molar-refractivity contribution in [3.63, 3.8) is 0 Å². The summed E-state index contributed by atoms with van der Waals surface area (Å²) in [6.07, 6.45) is 0. The Hall–Kier alpha value is -4.17. The van der Waals surface area contributed by atoms with Crippen LogP contribution in [0, 0.1) is 13.8 Å². The SMILES string of the molecule is Cc1ccccc1-c1cc(-c2ccc3c(c2)oc2ccccc23)cc(-c2ccccc2C)[n+]1C. The first kappa shape index (κ1) is 20.4. The van der Waals surface area contributed by atoms with E-state index in [0.717, 1.165) is 27.5 Å². The highest BCUT2D eigenvalue weighted by Gasteiger charge is 2.22. The number of aryl methyl sites for hydroxylation is 2. The summed E-state index contributed by atoms with van der Waals surface area (Å²) >= 11 is 0. The Morgan fingerprint density at radius 3 is 1.74 bits per heavy atom. The molecule has 6 aromatic rings. The normalized spacial score (nSPS) is 11.4. The van der Waals surface area contributed by atoms with E-state index in [1.807, 2.05) is 12.1 Å². The van der Waals surface area contributed by atoms with Gasteiger partial charge in [-0.05, 0) is 66.4 Å². The monoisotopic (exact) mass is 440 g/mol. The van der Waals surface area contributed by atoms with Crippen molar-refractivity contribution in [3.05, 3.63) is 114 Å². The molecule has 0 saturated heterocycles. The lowest BCUT2D eigenvalue weighted by Gasteiger charge is -2.12. The number of nitrogens with zero attached hydrogens (tertiary/aromatic N) is 1. The first-order chi connectivity index (χ1) is 16.6. The van der Waals surface area contributed by atoms with E-state index in [1.165, 1.54) is 39.2 Å². The smallest absolute Gasteiger partial charge is 0.213 e. The Morgan fingerprint density at radius 1 is 0.529 bits per heavy atom. The lowest BCUT2D eigenvalue weighted by molar-refractivity contribution is -0.649. The first-order valence-corrected chi connectivity index (χ1v) is 11.7. The predicted octanol–water partition coefficient (Wildman–Crippen LogP) is 8.03. The minimum absolute atomic E-state index is 0.918. The Bertz CT molecular complexity index is 1620. The van der Waals surface area contributed by atoms with Crippen molar-refractivity contribution in [2.24, 2.45) is 7.05 Å².